The van der Waals surface area contributed by atoms with Crippen molar-refractivity contribution in [3.8, 4) is 11.1 Å². The quantitative estimate of drug-likeness (QED) is 0.699. The molecule has 0 radical (unpaired) electrons. The van der Waals surface area contributed by atoms with Crippen molar-refractivity contribution in [3.05, 3.63) is 48.0 Å². The third-order valence-electron chi connectivity index (χ3n) is 2.01. The van der Waals surface area contributed by atoms with Crippen molar-refractivity contribution >= 4 is 5.91 Å². The fourth-order valence-corrected chi connectivity index (χ4v) is 1.36. The van der Waals surface area contributed by atoms with E-state index in [0.29, 0.717) is 5.56 Å². The van der Waals surface area contributed by atoms with Gasteiger partial charge in [-0.3, -0.25) is 4.79 Å². The molecule has 0 spiro atoms. The van der Waals surface area contributed by atoms with Crippen LogP contribution in [0.5, 0.6) is 0 Å². The number of rotatable bonds is 1. The Morgan fingerprint density at radius 2 is 1.54 bits per heavy atom. The summed E-state index contributed by atoms with van der Waals surface area (Å²) in [5.74, 6) is -0.376. The van der Waals surface area contributed by atoms with Gasteiger partial charge in [0.1, 0.15) is 0 Å². The Bertz CT molecular complexity index is 392. The first kappa shape index (κ1) is 7.80. The van der Waals surface area contributed by atoms with Gasteiger partial charge >= 0.3 is 0 Å². The van der Waals surface area contributed by atoms with Crippen molar-refractivity contribution in [2.24, 2.45) is 5.73 Å². The molecular weight excluding hydrogens is 162 g/mol. The van der Waals surface area contributed by atoms with Crippen LogP contribution in [0.1, 0.15) is 10.4 Å². The Morgan fingerprint density at radius 3 is 2.00 bits per heavy atom. The van der Waals surface area contributed by atoms with E-state index in [1.807, 2.05) is 30.3 Å². The van der Waals surface area contributed by atoms with Gasteiger partial charge in [-0.25, -0.2) is 0 Å². The van der Waals surface area contributed by atoms with Gasteiger partial charge in [0.25, 0.3) is 0 Å². The first-order valence-corrected chi connectivity index (χ1v) is 4.06. The van der Waals surface area contributed by atoms with E-state index in [0.717, 1.165) is 11.1 Å². The highest BCUT2D eigenvalue weighted by Gasteiger charge is 2.07. The first-order valence-electron chi connectivity index (χ1n) is 4.06. The number of fused-ring (bicyclic) bond motifs is 1. The third-order valence-corrected chi connectivity index (χ3v) is 2.01. The number of carbonyl (C=O) groups is 1. The lowest BCUT2D eigenvalue weighted by Gasteiger charge is -1.85. The summed E-state index contributed by atoms with van der Waals surface area (Å²) in [6.45, 7) is 0. The molecule has 0 bridgehead atoms. The molecule has 0 aromatic rings. The van der Waals surface area contributed by atoms with Crippen LogP contribution >= 0.6 is 0 Å². The van der Waals surface area contributed by atoms with Gasteiger partial charge in [-0.1, -0.05) is 30.3 Å². The minimum atomic E-state index is -0.376. The number of nitrogens with two attached hydrogens (primary N) is 1. The fourth-order valence-electron chi connectivity index (χ4n) is 1.36. The largest absolute Gasteiger partial charge is 0.366 e. The second kappa shape index (κ2) is 2.90. The number of amides is 1. The van der Waals surface area contributed by atoms with Crippen LogP contribution in [0.15, 0.2) is 42.5 Å². The molecule has 0 unspecified atom stereocenters. The Hall–Kier alpha value is -1.83. The second-order valence-electron chi connectivity index (χ2n) is 2.93. The summed E-state index contributed by atoms with van der Waals surface area (Å²) < 4.78 is 0. The van der Waals surface area contributed by atoms with Gasteiger partial charge in [0.2, 0.25) is 5.91 Å². The average Bonchev–Trinajstić information content (AvgIpc) is 2.38. The van der Waals surface area contributed by atoms with Crippen LogP contribution < -0.4 is 5.73 Å². The van der Waals surface area contributed by atoms with Crippen LogP contribution in [-0.4, -0.2) is 5.91 Å². The molecule has 2 heteroatoms. The monoisotopic (exact) mass is 171 g/mol. The molecule has 0 aliphatic heterocycles. The number of hydrogen-bond donors (Lipinski definition) is 1. The molecule has 0 saturated carbocycles. The van der Waals surface area contributed by atoms with E-state index >= 15 is 0 Å². The fraction of sp³-hybridized carbons (Fsp3) is 0. The van der Waals surface area contributed by atoms with Crippen molar-refractivity contribution < 1.29 is 4.79 Å². The number of hydrogen-bond acceptors (Lipinski definition) is 1. The van der Waals surface area contributed by atoms with E-state index in [1.165, 1.54) is 0 Å². The van der Waals surface area contributed by atoms with Crippen molar-refractivity contribution in [1.29, 1.82) is 0 Å². The summed E-state index contributed by atoms with van der Waals surface area (Å²) in [6.07, 6.45) is 0. The zero-order valence-corrected chi connectivity index (χ0v) is 7.03. The topological polar surface area (TPSA) is 43.1 Å². The van der Waals surface area contributed by atoms with Crippen molar-refractivity contribution in [2.45, 2.75) is 0 Å². The van der Waals surface area contributed by atoms with E-state index in [1.54, 1.807) is 12.1 Å². The summed E-state index contributed by atoms with van der Waals surface area (Å²) in [6, 6.07) is 13.4. The van der Waals surface area contributed by atoms with Crippen molar-refractivity contribution in [1.82, 2.24) is 0 Å². The lowest BCUT2D eigenvalue weighted by atomic mass is 10.2. The van der Waals surface area contributed by atoms with Gasteiger partial charge in [0.15, 0.2) is 0 Å². The molecule has 0 heterocycles. The maximum Gasteiger partial charge on any atom is 0.248 e. The molecule has 0 fully saturated rings. The molecule has 1 amide bonds. The van der Waals surface area contributed by atoms with Gasteiger partial charge in [-0.2, -0.15) is 0 Å². The third kappa shape index (κ3) is 1.38. The van der Waals surface area contributed by atoms with Gasteiger partial charge < -0.3 is 5.73 Å². The minimum absolute atomic E-state index is 0.376. The van der Waals surface area contributed by atoms with E-state index in [4.69, 9.17) is 5.73 Å². The predicted octanol–water partition coefficient (Wildman–Crippen LogP) is 1.89. The van der Waals surface area contributed by atoms with Crippen molar-refractivity contribution in [2.75, 3.05) is 0 Å². The van der Waals surface area contributed by atoms with Crippen LogP contribution in [0.2, 0.25) is 0 Å². The molecule has 0 saturated heterocycles. The maximum atomic E-state index is 10.9. The molecule has 2 N–H and O–H groups in total. The minimum Gasteiger partial charge on any atom is -0.366 e. The summed E-state index contributed by atoms with van der Waals surface area (Å²) >= 11 is 0. The highest BCUT2D eigenvalue weighted by Crippen LogP contribution is 2.24. The van der Waals surface area contributed by atoms with E-state index in [-0.39, 0.29) is 5.91 Å². The maximum absolute atomic E-state index is 10.9. The van der Waals surface area contributed by atoms with Gasteiger partial charge in [0, 0.05) is 5.56 Å². The van der Waals surface area contributed by atoms with Crippen LogP contribution in [0.4, 0.5) is 0 Å². The van der Waals surface area contributed by atoms with Crippen LogP contribution in [0, 0.1) is 0 Å². The average molecular weight is 171 g/mol. The second-order valence-corrected chi connectivity index (χ2v) is 2.93. The molecule has 0 aromatic carbocycles. The molecule has 2 aliphatic rings. The van der Waals surface area contributed by atoms with Crippen LogP contribution in [0.25, 0.3) is 11.1 Å². The summed E-state index contributed by atoms with van der Waals surface area (Å²) in [7, 11) is 0. The summed E-state index contributed by atoms with van der Waals surface area (Å²) in [5, 5.41) is 0. The van der Waals surface area contributed by atoms with E-state index in [9.17, 15) is 4.79 Å². The Kier molecular flexibility index (Phi) is 1.74. The molecule has 2 rings (SSSR count). The molecule has 0 aromatic heterocycles. The lowest BCUT2D eigenvalue weighted by Crippen LogP contribution is -2.08. The van der Waals surface area contributed by atoms with Gasteiger partial charge in [-0.15, -0.1) is 0 Å². The van der Waals surface area contributed by atoms with Crippen LogP contribution in [0.3, 0.4) is 0 Å². The predicted molar refractivity (Wildman–Crippen MR) is 51.6 cm³/mol. The van der Waals surface area contributed by atoms with Gasteiger partial charge in [-0.05, 0) is 23.3 Å². The standard InChI is InChI=1S/C11H9NO/c12-11(13)10-6-8-4-2-1-3-5-9(8)7-10/h1-7H,(H2,12,13). The van der Waals surface area contributed by atoms with Gasteiger partial charge in [0.05, 0.1) is 0 Å². The molecule has 64 valence electrons. The summed E-state index contributed by atoms with van der Waals surface area (Å²) in [5.41, 5.74) is 7.82. The molecule has 2 aliphatic carbocycles. The smallest absolute Gasteiger partial charge is 0.248 e. The van der Waals surface area contributed by atoms with E-state index in [2.05, 4.69) is 0 Å². The highest BCUT2D eigenvalue weighted by molar-refractivity contribution is 5.96. The molecule has 2 nitrogen and oxygen atoms in total. The SMILES string of the molecule is NC(=O)c1cc2cccccc-2c1. The molecule has 13 heavy (non-hydrogen) atoms. The normalized spacial score (nSPS) is 10.2. The number of primary amides is 1. The summed E-state index contributed by atoms with van der Waals surface area (Å²) in [4.78, 5) is 10.9. The first-order chi connectivity index (χ1) is 6.27. The highest BCUT2D eigenvalue weighted by atomic mass is 16.1. The van der Waals surface area contributed by atoms with Crippen LogP contribution in [-0.2, 0) is 0 Å². The zero-order valence-electron chi connectivity index (χ0n) is 7.03. The Morgan fingerprint density at radius 1 is 1.00 bits per heavy atom. The Labute approximate surface area is 76.3 Å². The lowest BCUT2D eigenvalue weighted by molar-refractivity contribution is 0.100. The molecular formula is C11H9NO. The zero-order chi connectivity index (χ0) is 9.26. The van der Waals surface area contributed by atoms with Crippen molar-refractivity contribution in [3.63, 3.8) is 0 Å². The van der Waals surface area contributed by atoms with E-state index < -0.39 is 0 Å². The molecule has 0 atom stereocenters. The number of carbonyl (C=O) groups excluding carboxylic acids is 1. The Balaban J connectivity index is 2.64.